The Morgan fingerprint density at radius 3 is 2.31 bits per heavy atom. The fraction of sp³-hybridized carbons (Fsp3) is 1.00. The first-order valence-corrected chi connectivity index (χ1v) is 5.29. The number of hydrogen-bond donors (Lipinski definition) is 1. The number of nitrogens with one attached hydrogen (secondary N) is 1. The van der Waals surface area contributed by atoms with Gasteiger partial charge in [0.1, 0.15) is 0 Å². The summed E-state index contributed by atoms with van der Waals surface area (Å²) in [7, 11) is 0. The second kappa shape index (κ2) is 3.52. The molecule has 2 aliphatic rings. The van der Waals surface area contributed by atoms with Crippen molar-refractivity contribution in [2.75, 3.05) is 6.54 Å². The molecule has 13 heavy (non-hydrogen) atoms. The Bertz CT molecular complexity index is 166. The summed E-state index contributed by atoms with van der Waals surface area (Å²) in [6, 6.07) is 0.377. The second-order valence-electron chi connectivity index (χ2n) is 4.43. The monoisotopic (exact) mass is 189 g/mol. The number of halogens is 2. The highest BCUT2D eigenvalue weighted by atomic mass is 19.3. The van der Waals surface area contributed by atoms with Crippen molar-refractivity contribution >= 4 is 0 Å². The summed E-state index contributed by atoms with van der Waals surface area (Å²) in [5, 5.41) is 3.00. The number of alkyl halides is 2. The lowest BCUT2D eigenvalue weighted by Crippen LogP contribution is -2.48. The summed E-state index contributed by atoms with van der Waals surface area (Å²) < 4.78 is 25.6. The van der Waals surface area contributed by atoms with E-state index >= 15 is 0 Å². The van der Waals surface area contributed by atoms with Crippen molar-refractivity contribution in [2.45, 2.75) is 50.5 Å². The van der Waals surface area contributed by atoms with E-state index in [0.29, 0.717) is 18.4 Å². The van der Waals surface area contributed by atoms with Gasteiger partial charge in [-0.05, 0) is 25.2 Å². The Labute approximate surface area is 77.9 Å². The van der Waals surface area contributed by atoms with Crippen LogP contribution in [0, 0.1) is 5.92 Å². The summed E-state index contributed by atoms with van der Waals surface area (Å²) in [5.41, 5.74) is 0. The van der Waals surface area contributed by atoms with Gasteiger partial charge in [-0.3, -0.25) is 0 Å². The van der Waals surface area contributed by atoms with Crippen LogP contribution < -0.4 is 5.32 Å². The quantitative estimate of drug-likeness (QED) is 0.668. The van der Waals surface area contributed by atoms with E-state index in [0.717, 1.165) is 0 Å². The predicted octanol–water partition coefficient (Wildman–Crippen LogP) is 2.56. The smallest absolute Gasteiger partial charge is 0.260 e. The van der Waals surface area contributed by atoms with Crippen LogP contribution in [0.1, 0.15) is 38.5 Å². The molecule has 3 heteroatoms. The lowest BCUT2D eigenvalue weighted by Gasteiger charge is -2.33. The molecule has 0 amide bonds. The van der Waals surface area contributed by atoms with E-state index in [4.69, 9.17) is 0 Å². The standard InChI is InChI=1S/C10H17F2N/c11-10(12)6-5-9(13-7-10)8-3-1-2-4-8/h8-9,13H,1-7H2. The third-order valence-electron chi connectivity index (χ3n) is 3.41. The third-order valence-corrected chi connectivity index (χ3v) is 3.41. The molecule has 1 atom stereocenters. The van der Waals surface area contributed by atoms with E-state index in [9.17, 15) is 8.78 Å². The second-order valence-corrected chi connectivity index (χ2v) is 4.43. The zero-order valence-corrected chi connectivity index (χ0v) is 7.86. The summed E-state index contributed by atoms with van der Waals surface area (Å²) in [6.45, 7) is -0.103. The van der Waals surface area contributed by atoms with Gasteiger partial charge in [0, 0.05) is 12.5 Å². The van der Waals surface area contributed by atoms with Crippen molar-refractivity contribution in [3.8, 4) is 0 Å². The molecule has 0 aromatic rings. The van der Waals surface area contributed by atoms with Gasteiger partial charge in [0.2, 0.25) is 0 Å². The van der Waals surface area contributed by atoms with Crippen molar-refractivity contribution in [3.63, 3.8) is 0 Å². The van der Waals surface area contributed by atoms with Crippen LogP contribution in [0.25, 0.3) is 0 Å². The highest BCUT2D eigenvalue weighted by molar-refractivity contribution is 4.88. The summed E-state index contributed by atoms with van der Waals surface area (Å²) in [6.07, 6.45) is 5.81. The van der Waals surface area contributed by atoms with Crippen LogP contribution >= 0.6 is 0 Å². The highest BCUT2D eigenvalue weighted by Crippen LogP contribution is 2.34. The van der Waals surface area contributed by atoms with Gasteiger partial charge in [0.25, 0.3) is 5.92 Å². The molecule has 0 aromatic carbocycles. The van der Waals surface area contributed by atoms with Crippen LogP contribution in [0.4, 0.5) is 8.78 Å². The Morgan fingerprint density at radius 2 is 1.77 bits per heavy atom. The molecule has 1 unspecified atom stereocenters. The number of hydrogen-bond acceptors (Lipinski definition) is 1. The lowest BCUT2D eigenvalue weighted by molar-refractivity contribution is -0.0350. The lowest BCUT2D eigenvalue weighted by atomic mass is 9.90. The first-order chi connectivity index (χ1) is 6.17. The molecule has 1 aliphatic carbocycles. The van der Waals surface area contributed by atoms with Crippen LogP contribution in [0.2, 0.25) is 0 Å². The molecule has 1 saturated carbocycles. The molecule has 1 heterocycles. The SMILES string of the molecule is FC1(F)CCC(C2CCCC2)NC1. The Hall–Kier alpha value is -0.180. The van der Waals surface area contributed by atoms with Gasteiger partial charge in [-0.25, -0.2) is 8.78 Å². The Morgan fingerprint density at radius 1 is 1.08 bits per heavy atom. The topological polar surface area (TPSA) is 12.0 Å². The molecule has 0 spiro atoms. The van der Waals surface area contributed by atoms with Crippen molar-refractivity contribution in [1.82, 2.24) is 5.32 Å². The molecule has 1 N–H and O–H groups in total. The first-order valence-electron chi connectivity index (χ1n) is 5.29. The minimum absolute atomic E-state index is 0.0845. The normalized spacial score (nSPS) is 35.1. The molecule has 1 nitrogen and oxygen atoms in total. The van der Waals surface area contributed by atoms with E-state index in [1.807, 2.05) is 0 Å². The van der Waals surface area contributed by atoms with E-state index in [-0.39, 0.29) is 13.0 Å². The van der Waals surface area contributed by atoms with Crippen molar-refractivity contribution in [1.29, 1.82) is 0 Å². The summed E-state index contributed by atoms with van der Waals surface area (Å²) >= 11 is 0. The molecule has 1 saturated heterocycles. The maximum Gasteiger partial charge on any atom is 0.260 e. The van der Waals surface area contributed by atoms with Gasteiger partial charge in [-0.1, -0.05) is 12.8 Å². The van der Waals surface area contributed by atoms with Crippen molar-refractivity contribution in [3.05, 3.63) is 0 Å². The fourth-order valence-corrected chi connectivity index (χ4v) is 2.60. The van der Waals surface area contributed by atoms with Gasteiger partial charge in [-0.2, -0.15) is 0 Å². The minimum Gasteiger partial charge on any atom is -0.308 e. The van der Waals surface area contributed by atoms with Gasteiger partial charge in [0.05, 0.1) is 6.54 Å². The minimum atomic E-state index is -2.45. The molecule has 2 fully saturated rings. The van der Waals surface area contributed by atoms with Gasteiger partial charge < -0.3 is 5.32 Å². The van der Waals surface area contributed by atoms with E-state index in [1.165, 1.54) is 25.7 Å². The molecule has 0 aromatic heterocycles. The third kappa shape index (κ3) is 2.19. The largest absolute Gasteiger partial charge is 0.308 e. The summed E-state index contributed by atoms with van der Waals surface area (Å²) in [4.78, 5) is 0. The summed E-state index contributed by atoms with van der Waals surface area (Å²) in [5.74, 6) is -1.77. The van der Waals surface area contributed by atoms with Gasteiger partial charge in [-0.15, -0.1) is 0 Å². The predicted molar refractivity (Wildman–Crippen MR) is 47.9 cm³/mol. The molecular formula is C10H17F2N. The van der Waals surface area contributed by atoms with Crippen LogP contribution in [0.5, 0.6) is 0 Å². The highest BCUT2D eigenvalue weighted by Gasteiger charge is 2.37. The molecule has 2 rings (SSSR count). The molecule has 76 valence electrons. The average molecular weight is 189 g/mol. The maximum absolute atomic E-state index is 12.8. The van der Waals surface area contributed by atoms with Crippen LogP contribution in [0.3, 0.4) is 0 Å². The molecular weight excluding hydrogens is 172 g/mol. The van der Waals surface area contributed by atoms with E-state index < -0.39 is 5.92 Å². The zero-order valence-electron chi connectivity index (χ0n) is 7.86. The first kappa shape index (κ1) is 9.38. The average Bonchev–Trinajstić information content (AvgIpc) is 2.56. The number of rotatable bonds is 1. The Kier molecular flexibility index (Phi) is 2.54. The molecule has 1 aliphatic heterocycles. The van der Waals surface area contributed by atoms with Crippen LogP contribution in [-0.4, -0.2) is 18.5 Å². The van der Waals surface area contributed by atoms with Crippen LogP contribution in [-0.2, 0) is 0 Å². The van der Waals surface area contributed by atoms with E-state index in [2.05, 4.69) is 5.32 Å². The van der Waals surface area contributed by atoms with Gasteiger partial charge in [0.15, 0.2) is 0 Å². The van der Waals surface area contributed by atoms with Crippen LogP contribution in [0.15, 0.2) is 0 Å². The van der Waals surface area contributed by atoms with Gasteiger partial charge >= 0.3 is 0 Å². The van der Waals surface area contributed by atoms with Crippen molar-refractivity contribution < 1.29 is 8.78 Å². The maximum atomic E-state index is 12.8. The zero-order chi connectivity index (χ0) is 9.31. The Balaban J connectivity index is 1.83. The molecule has 0 radical (unpaired) electrons. The van der Waals surface area contributed by atoms with Crippen molar-refractivity contribution in [2.24, 2.45) is 5.92 Å². The molecule has 0 bridgehead atoms. The van der Waals surface area contributed by atoms with E-state index in [1.54, 1.807) is 0 Å². The fourth-order valence-electron chi connectivity index (χ4n) is 2.60. The number of piperidine rings is 1.